The fourth-order valence-corrected chi connectivity index (χ4v) is 3.63. The predicted molar refractivity (Wildman–Crippen MR) is 81.2 cm³/mol. The van der Waals surface area contributed by atoms with Crippen LogP contribution in [-0.4, -0.2) is 42.6 Å². The van der Waals surface area contributed by atoms with E-state index in [1.54, 1.807) is 0 Å². The van der Waals surface area contributed by atoms with Crippen LogP contribution in [0, 0.1) is 18.8 Å². The highest BCUT2D eigenvalue weighted by Crippen LogP contribution is 2.33. The molecule has 1 aromatic rings. The highest BCUT2D eigenvalue weighted by atomic mass is 16.5. The highest BCUT2D eigenvalue weighted by Gasteiger charge is 2.44. The molecule has 1 N–H and O–H groups in total. The van der Waals surface area contributed by atoms with Crippen LogP contribution in [0.2, 0.25) is 0 Å². The summed E-state index contributed by atoms with van der Waals surface area (Å²) in [5.74, 6) is 2.88. The Kier molecular flexibility index (Phi) is 3.70. The molecular formula is C17H24N2O3. The van der Waals surface area contributed by atoms with Crippen LogP contribution in [0.3, 0.4) is 0 Å². The number of amides is 1. The number of hydrogen-bond acceptors (Lipinski definition) is 4. The number of aryl methyl sites for hydroxylation is 1. The van der Waals surface area contributed by atoms with Gasteiger partial charge in [-0.15, -0.1) is 0 Å². The van der Waals surface area contributed by atoms with Gasteiger partial charge in [-0.3, -0.25) is 9.69 Å². The lowest BCUT2D eigenvalue weighted by Crippen LogP contribution is -2.45. The van der Waals surface area contributed by atoms with Crippen molar-refractivity contribution in [3.05, 3.63) is 23.7 Å². The molecule has 1 saturated carbocycles. The second-order valence-corrected chi connectivity index (χ2v) is 7.03. The van der Waals surface area contributed by atoms with E-state index in [2.05, 4.69) is 10.2 Å². The molecule has 2 bridgehead atoms. The summed E-state index contributed by atoms with van der Waals surface area (Å²) >= 11 is 0. The molecule has 22 heavy (non-hydrogen) atoms. The molecule has 0 aromatic carbocycles. The summed E-state index contributed by atoms with van der Waals surface area (Å²) in [7, 11) is 0. The van der Waals surface area contributed by atoms with Crippen LogP contribution in [0.15, 0.2) is 16.5 Å². The summed E-state index contributed by atoms with van der Waals surface area (Å²) in [5, 5.41) is 3.11. The van der Waals surface area contributed by atoms with E-state index in [4.69, 9.17) is 9.15 Å². The van der Waals surface area contributed by atoms with Gasteiger partial charge < -0.3 is 14.5 Å². The van der Waals surface area contributed by atoms with Crippen molar-refractivity contribution in [2.45, 2.75) is 44.9 Å². The first kappa shape index (κ1) is 14.3. The van der Waals surface area contributed by atoms with Crippen molar-refractivity contribution in [2.24, 2.45) is 11.8 Å². The molecule has 0 unspecified atom stereocenters. The lowest BCUT2D eigenvalue weighted by Gasteiger charge is -2.32. The van der Waals surface area contributed by atoms with Crippen molar-refractivity contribution >= 4 is 5.91 Å². The van der Waals surface area contributed by atoms with Gasteiger partial charge in [0.05, 0.1) is 24.7 Å². The number of nitrogens with zero attached hydrogens (tertiary/aromatic N) is 1. The van der Waals surface area contributed by atoms with Crippen LogP contribution < -0.4 is 5.32 Å². The molecule has 120 valence electrons. The Labute approximate surface area is 131 Å². The molecule has 5 nitrogen and oxygen atoms in total. The average Bonchev–Trinajstić information content (AvgIpc) is 3.16. The van der Waals surface area contributed by atoms with Crippen molar-refractivity contribution in [3.8, 4) is 0 Å². The average molecular weight is 304 g/mol. The third-order valence-corrected chi connectivity index (χ3v) is 5.01. The van der Waals surface area contributed by atoms with Crippen molar-refractivity contribution in [1.82, 2.24) is 10.2 Å². The van der Waals surface area contributed by atoms with E-state index in [-0.39, 0.29) is 24.0 Å². The minimum absolute atomic E-state index is 0.0205. The zero-order valence-electron chi connectivity index (χ0n) is 13.1. The third kappa shape index (κ3) is 3.06. The van der Waals surface area contributed by atoms with Gasteiger partial charge in [0.15, 0.2) is 0 Å². The number of hydrogen-bond donors (Lipinski definition) is 1. The van der Waals surface area contributed by atoms with Crippen molar-refractivity contribution in [1.29, 1.82) is 0 Å². The fourth-order valence-electron chi connectivity index (χ4n) is 3.63. The first-order chi connectivity index (χ1) is 10.7. The van der Waals surface area contributed by atoms with Crippen LogP contribution >= 0.6 is 0 Å². The van der Waals surface area contributed by atoms with Gasteiger partial charge in [0.1, 0.15) is 11.5 Å². The standard InChI is InChI=1S/C17H24N2O3/c1-11-2-5-13(21-11)8-19-9-14-6-15(16(10-19)22-14)17(20)18-7-12-3-4-12/h2,5,12,14-16H,3-4,6-10H2,1H3,(H,18,20)/t14-,15+,16-/m0/s1. The molecule has 3 aliphatic rings. The summed E-state index contributed by atoms with van der Waals surface area (Å²) in [4.78, 5) is 14.7. The van der Waals surface area contributed by atoms with Gasteiger partial charge in [-0.2, -0.15) is 0 Å². The van der Waals surface area contributed by atoms with Crippen LogP contribution in [0.25, 0.3) is 0 Å². The third-order valence-electron chi connectivity index (χ3n) is 5.01. The Hall–Kier alpha value is -1.33. The largest absolute Gasteiger partial charge is 0.465 e. The van der Waals surface area contributed by atoms with Crippen LogP contribution in [0.1, 0.15) is 30.8 Å². The van der Waals surface area contributed by atoms with Crippen molar-refractivity contribution in [3.63, 3.8) is 0 Å². The molecule has 0 spiro atoms. The summed E-state index contributed by atoms with van der Waals surface area (Å²) in [6.07, 6.45) is 3.61. The molecule has 1 aromatic heterocycles. The molecular weight excluding hydrogens is 280 g/mol. The Morgan fingerprint density at radius 2 is 2.23 bits per heavy atom. The Bertz CT molecular complexity index is 552. The molecule has 5 heteroatoms. The summed E-state index contributed by atoms with van der Waals surface area (Å²) in [5.41, 5.74) is 0. The number of likely N-dealkylation sites (tertiary alicyclic amines) is 1. The Morgan fingerprint density at radius 3 is 2.95 bits per heavy atom. The summed E-state index contributed by atoms with van der Waals surface area (Å²) < 4.78 is 11.7. The van der Waals surface area contributed by atoms with Crippen LogP contribution in [0.4, 0.5) is 0 Å². The SMILES string of the molecule is Cc1ccc(CN2C[C@@H]3C[C@@H](C(=O)NCC4CC4)[C@H](C2)O3)o1. The van der Waals surface area contributed by atoms with E-state index < -0.39 is 0 Å². The first-order valence-corrected chi connectivity index (χ1v) is 8.38. The fraction of sp³-hybridized carbons (Fsp3) is 0.706. The van der Waals surface area contributed by atoms with E-state index >= 15 is 0 Å². The van der Waals surface area contributed by atoms with Gasteiger partial charge >= 0.3 is 0 Å². The van der Waals surface area contributed by atoms with E-state index in [1.165, 1.54) is 12.8 Å². The van der Waals surface area contributed by atoms with E-state index in [9.17, 15) is 4.79 Å². The Balaban J connectivity index is 1.33. The molecule has 3 heterocycles. The first-order valence-electron chi connectivity index (χ1n) is 8.38. The van der Waals surface area contributed by atoms with Gasteiger partial charge in [-0.25, -0.2) is 0 Å². The highest BCUT2D eigenvalue weighted by molar-refractivity contribution is 5.79. The minimum atomic E-state index is 0.0205. The topological polar surface area (TPSA) is 54.7 Å². The predicted octanol–water partition coefficient (Wildman–Crippen LogP) is 1.70. The number of morpholine rings is 1. The maximum atomic E-state index is 12.4. The van der Waals surface area contributed by atoms with E-state index in [1.807, 2.05) is 19.1 Å². The molecule has 2 saturated heterocycles. The van der Waals surface area contributed by atoms with Crippen molar-refractivity contribution < 1.29 is 13.9 Å². The van der Waals surface area contributed by atoms with Gasteiger partial charge in [-0.1, -0.05) is 0 Å². The number of furan rings is 1. The van der Waals surface area contributed by atoms with E-state index in [0.717, 1.165) is 50.0 Å². The summed E-state index contributed by atoms with van der Waals surface area (Å²) in [6.45, 7) is 5.33. The number of carbonyl (C=O) groups is 1. The number of fused-ring (bicyclic) bond motifs is 2. The van der Waals surface area contributed by atoms with E-state index in [0.29, 0.717) is 0 Å². The molecule has 0 radical (unpaired) electrons. The number of rotatable bonds is 5. The quantitative estimate of drug-likeness (QED) is 0.899. The number of ether oxygens (including phenoxy) is 1. The van der Waals surface area contributed by atoms with Crippen molar-refractivity contribution in [2.75, 3.05) is 19.6 Å². The zero-order chi connectivity index (χ0) is 15.1. The molecule has 1 aliphatic carbocycles. The molecule has 4 rings (SSSR count). The van der Waals surface area contributed by atoms with Gasteiger partial charge in [0, 0.05) is 19.6 Å². The van der Waals surface area contributed by atoms with Gasteiger partial charge in [0.25, 0.3) is 0 Å². The lowest BCUT2D eigenvalue weighted by molar-refractivity contribution is -0.128. The number of nitrogens with one attached hydrogen (secondary N) is 1. The van der Waals surface area contributed by atoms with Gasteiger partial charge in [0.2, 0.25) is 5.91 Å². The molecule has 3 fully saturated rings. The number of carbonyl (C=O) groups excluding carboxylic acids is 1. The molecule has 2 aliphatic heterocycles. The van der Waals surface area contributed by atoms with Crippen LogP contribution in [-0.2, 0) is 16.1 Å². The summed E-state index contributed by atoms with van der Waals surface area (Å²) in [6, 6.07) is 4.03. The Morgan fingerprint density at radius 1 is 1.36 bits per heavy atom. The monoisotopic (exact) mass is 304 g/mol. The normalized spacial score (nSPS) is 31.4. The minimum Gasteiger partial charge on any atom is -0.465 e. The maximum Gasteiger partial charge on any atom is 0.225 e. The molecule has 1 amide bonds. The second kappa shape index (κ2) is 5.70. The second-order valence-electron chi connectivity index (χ2n) is 7.03. The molecule has 3 atom stereocenters. The zero-order valence-corrected chi connectivity index (χ0v) is 13.1. The van der Waals surface area contributed by atoms with Crippen LogP contribution in [0.5, 0.6) is 0 Å². The van der Waals surface area contributed by atoms with Gasteiger partial charge in [-0.05, 0) is 44.2 Å². The lowest BCUT2D eigenvalue weighted by atomic mass is 9.99. The maximum absolute atomic E-state index is 12.4. The smallest absolute Gasteiger partial charge is 0.225 e.